The summed E-state index contributed by atoms with van der Waals surface area (Å²) in [6, 6.07) is 15.4. The van der Waals surface area contributed by atoms with E-state index in [9.17, 15) is 5.11 Å². The summed E-state index contributed by atoms with van der Waals surface area (Å²) >= 11 is 0. The van der Waals surface area contributed by atoms with E-state index in [1.807, 2.05) is 28.9 Å². The van der Waals surface area contributed by atoms with E-state index >= 15 is 0 Å². The Morgan fingerprint density at radius 2 is 1.89 bits per heavy atom. The maximum Gasteiger partial charge on any atom is 0.133 e. The molecule has 0 bridgehead atoms. The van der Waals surface area contributed by atoms with Crippen LogP contribution >= 0.6 is 0 Å². The predicted octanol–water partition coefficient (Wildman–Crippen LogP) is 3.21. The average Bonchev–Trinajstić information content (AvgIpc) is 3.00. The molecule has 2 aromatic heterocycles. The Morgan fingerprint density at radius 3 is 2.79 bits per heavy atom. The van der Waals surface area contributed by atoms with Gasteiger partial charge in [0.1, 0.15) is 11.6 Å². The normalized spacial score (nSPS) is 11.4. The van der Waals surface area contributed by atoms with Crippen LogP contribution in [-0.4, -0.2) is 19.9 Å². The van der Waals surface area contributed by atoms with Gasteiger partial charge in [-0.25, -0.2) is 4.68 Å². The quantitative estimate of drug-likeness (QED) is 0.544. The number of H-pyrrole nitrogens is 1. The van der Waals surface area contributed by atoms with Gasteiger partial charge in [0, 0.05) is 16.3 Å². The van der Waals surface area contributed by atoms with Crippen LogP contribution in [0.15, 0.2) is 54.7 Å². The maximum atomic E-state index is 9.48. The summed E-state index contributed by atoms with van der Waals surface area (Å²) in [6.07, 6.45) is 1.75. The SMILES string of the molecule is Oc1ccc2c(cnn2-c2cc3ccccc3[nH]2)c1. The first-order valence-corrected chi connectivity index (χ1v) is 6.06. The molecule has 4 rings (SSSR count). The molecule has 4 heteroatoms. The first kappa shape index (κ1) is 10.2. The highest BCUT2D eigenvalue weighted by Gasteiger charge is 2.07. The van der Waals surface area contributed by atoms with Crippen molar-refractivity contribution < 1.29 is 5.11 Å². The molecule has 0 saturated heterocycles. The minimum atomic E-state index is 0.253. The number of aromatic amines is 1. The number of hydrogen-bond acceptors (Lipinski definition) is 2. The van der Waals surface area contributed by atoms with Crippen molar-refractivity contribution >= 4 is 21.8 Å². The number of aromatic hydroxyl groups is 1. The number of nitrogens with one attached hydrogen (secondary N) is 1. The summed E-state index contributed by atoms with van der Waals surface area (Å²) < 4.78 is 1.84. The minimum absolute atomic E-state index is 0.253. The van der Waals surface area contributed by atoms with Crippen molar-refractivity contribution in [3.8, 4) is 11.6 Å². The molecule has 2 heterocycles. The van der Waals surface area contributed by atoms with Gasteiger partial charge in [0.05, 0.1) is 11.7 Å². The van der Waals surface area contributed by atoms with Gasteiger partial charge in [-0.15, -0.1) is 0 Å². The number of para-hydroxylation sites is 1. The first-order valence-electron chi connectivity index (χ1n) is 6.06. The van der Waals surface area contributed by atoms with Gasteiger partial charge in [-0.2, -0.15) is 5.10 Å². The molecule has 0 aliphatic carbocycles. The van der Waals surface area contributed by atoms with Crippen LogP contribution in [0.1, 0.15) is 0 Å². The molecular formula is C15H11N3O. The molecule has 0 aliphatic rings. The number of benzene rings is 2. The van der Waals surface area contributed by atoms with Crippen molar-refractivity contribution in [3.05, 3.63) is 54.7 Å². The van der Waals surface area contributed by atoms with Gasteiger partial charge in [0.15, 0.2) is 0 Å². The zero-order valence-corrected chi connectivity index (χ0v) is 10.0. The topological polar surface area (TPSA) is 53.8 Å². The lowest BCUT2D eigenvalue weighted by molar-refractivity contribution is 0.476. The second-order valence-electron chi connectivity index (χ2n) is 4.54. The second-order valence-corrected chi connectivity index (χ2v) is 4.54. The zero-order chi connectivity index (χ0) is 12.8. The third-order valence-corrected chi connectivity index (χ3v) is 3.30. The van der Waals surface area contributed by atoms with Crippen molar-refractivity contribution in [2.45, 2.75) is 0 Å². The third kappa shape index (κ3) is 1.50. The monoisotopic (exact) mass is 249 g/mol. The van der Waals surface area contributed by atoms with Crippen molar-refractivity contribution in [1.29, 1.82) is 0 Å². The molecule has 4 aromatic rings. The molecule has 0 radical (unpaired) electrons. The lowest BCUT2D eigenvalue weighted by Gasteiger charge is -1.99. The molecule has 0 amide bonds. The fraction of sp³-hybridized carbons (Fsp3) is 0. The number of aromatic nitrogens is 3. The molecule has 0 unspecified atom stereocenters. The largest absolute Gasteiger partial charge is 0.508 e. The Balaban J connectivity index is 1.98. The Morgan fingerprint density at radius 1 is 1.00 bits per heavy atom. The predicted molar refractivity (Wildman–Crippen MR) is 74.6 cm³/mol. The van der Waals surface area contributed by atoms with Gasteiger partial charge in [0.25, 0.3) is 0 Å². The highest BCUT2D eigenvalue weighted by atomic mass is 16.3. The minimum Gasteiger partial charge on any atom is -0.508 e. The van der Waals surface area contributed by atoms with Crippen LogP contribution in [0.4, 0.5) is 0 Å². The van der Waals surface area contributed by atoms with Crippen LogP contribution in [0.25, 0.3) is 27.6 Å². The lowest BCUT2D eigenvalue weighted by Crippen LogP contribution is -1.95. The summed E-state index contributed by atoms with van der Waals surface area (Å²) in [5.74, 6) is 1.17. The van der Waals surface area contributed by atoms with Crippen molar-refractivity contribution in [2.75, 3.05) is 0 Å². The van der Waals surface area contributed by atoms with Gasteiger partial charge in [-0.05, 0) is 30.3 Å². The number of phenols is 1. The fourth-order valence-corrected chi connectivity index (χ4v) is 2.38. The van der Waals surface area contributed by atoms with Gasteiger partial charge in [-0.3, -0.25) is 0 Å². The fourth-order valence-electron chi connectivity index (χ4n) is 2.38. The highest BCUT2D eigenvalue weighted by molar-refractivity contribution is 5.85. The number of fused-ring (bicyclic) bond motifs is 2. The summed E-state index contributed by atoms with van der Waals surface area (Å²) in [5.41, 5.74) is 2.05. The van der Waals surface area contributed by atoms with E-state index in [2.05, 4.69) is 22.2 Å². The Kier molecular flexibility index (Phi) is 1.94. The smallest absolute Gasteiger partial charge is 0.133 e. The molecular weight excluding hydrogens is 238 g/mol. The zero-order valence-electron chi connectivity index (χ0n) is 10.0. The summed E-state index contributed by atoms with van der Waals surface area (Å²) in [6.45, 7) is 0. The Hall–Kier alpha value is -2.75. The highest BCUT2D eigenvalue weighted by Crippen LogP contribution is 2.24. The van der Waals surface area contributed by atoms with E-state index in [-0.39, 0.29) is 5.75 Å². The summed E-state index contributed by atoms with van der Waals surface area (Å²) in [7, 11) is 0. The second kappa shape index (κ2) is 3.62. The molecule has 2 aromatic carbocycles. The van der Waals surface area contributed by atoms with Crippen molar-refractivity contribution in [1.82, 2.24) is 14.8 Å². The molecule has 0 aliphatic heterocycles. The number of nitrogens with zero attached hydrogens (tertiary/aromatic N) is 2. The van der Waals surface area contributed by atoms with E-state index in [4.69, 9.17) is 0 Å². The average molecular weight is 249 g/mol. The van der Waals surface area contributed by atoms with Crippen LogP contribution in [0.3, 0.4) is 0 Å². The molecule has 0 atom stereocenters. The van der Waals surface area contributed by atoms with E-state index in [1.54, 1.807) is 18.3 Å². The molecule has 0 fully saturated rings. The third-order valence-electron chi connectivity index (χ3n) is 3.30. The Labute approximate surface area is 108 Å². The van der Waals surface area contributed by atoms with Crippen LogP contribution in [0.2, 0.25) is 0 Å². The van der Waals surface area contributed by atoms with Crippen LogP contribution < -0.4 is 0 Å². The standard InChI is InChI=1S/C15H11N3O/c19-12-5-6-14-11(7-12)9-16-18(14)15-8-10-3-1-2-4-13(10)17-15/h1-9,17,19H. The van der Waals surface area contributed by atoms with E-state index in [1.165, 1.54) is 0 Å². The van der Waals surface area contributed by atoms with Crippen molar-refractivity contribution in [2.24, 2.45) is 0 Å². The molecule has 19 heavy (non-hydrogen) atoms. The van der Waals surface area contributed by atoms with Crippen LogP contribution in [0, 0.1) is 0 Å². The van der Waals surface area contributed by atoms with E-state index in [0.29, 0.717) is 0 Å². The summed E-state index contributed by atoms with van der Waals surface area (Å²) in [4.78, 5) is 3.34. The van der Waals surface area contributed by atoms with Gasteiger partial charge in [0.2, 0.25) is 0 Å². The molecule has 92 valence electrons. The van der Waals surface area contributed by atoms with Gasteiger partial charge >= 0.3 is 0 Å². The maximum absolute atomic E-state index is 9.48. The summed E-state index contributed by atoms with van der Waals surface area (Å²) in [5, 5.41) is 15.9. The molecule has 0 spiro atoms. The lowest BCUT2D eigenvalue weighted by atomic mass is 10.2. The molecule has 2 N–H and O–H groups in total. The molecule has 0 saturated carbocycles. The number of hydrogen-bond donors (Lipinski definition) is 2. The molecule has 4 nitrogen and oxygen atoms in total. The van der Waals surface area contributed by atoms with Gasteiger partial charge < -0.3 is 10.1 Å². The number of rotatable bonds is 1. The number of phenolic OH excluding ortho intramolecular Hbond substituents is 1. The van der Waals surface area contributed by atoms with Crippen molar-refractivity contribution in [3.63, 3.8) is 0 Å². The van der Waals surface area contributed by atoms with E-state index < -0.39 is 0 Å². The van der Waals surface area contributed by atoms with Crippen LogP contribution in [0.5, 0.6) is 5.75 Å². The van der Waals surface area contributed by atoms with E-state index in [0.717, 1.165) is 27.6 Å². The van der Waals surface area contributed by atoms with Crippen LogP contribution in [-0.2, 0) is 0 Å². The first-order chi connectivity index (χ1) is 9.31. The van der Waals surface area contributed by atoms with Gasteiger partial charge in [-0.1, -0.05) is 18.2 Å². The Bertz CT molecular complexity index is 856.